The molecular weight excluding hydrogens is 142 g/mol. The van der Waals surface area contributed by atoms with E-state index in [-0.39, 0.29) is 6.04 Å². The number of rotatable bonds is 3. The molecule has 0 fully saturated rings. The first-order valence-corrected chi connectivity index (χ1v) is 3.35. The molecule has 1 aromatic rings. The SMILES string of the molecule is COCC(N)c1ccncn1. The highest BCUT2D eigenvalue weighted by atomic mass is 16.5. The number of hydrogen-bond donors (Lipinski definition) is 1. The van der Waals surface area contributed by atoms with Gasteiger partial charge in [0.2, 0.25) is 0 Å². The molecule has 0 aliphatic heterocycles. The largest absolute Gasteiger partial charge is 0.383 e. The summed E-state index contributed by atoms with van der Waals surface area (Å²) >= 11 is 0. The van der Waals surface area contributed by atoms with Crippen LogP contribution in [0, 0.1) is 0 Å². The molecule has 60 valence electrons. The third-order valence-corrected chi connectivity index (χ3v) is 1.33. The second-order valence-electron chi connectivity index (χ2n) is 2.20. The van der Waals surface area contributed by atoms with Crippen LogP contribution in [0.3, 0.4) is 0 Å². The Hall–Kier alpha value is -1.00. The van der Waals surface area contributed by atoms with Gasteiger partial charge in [-0.1, -0.05) is 0 Å². The highest BCUT2D eigenvalue weighted by Crippen LogP contribution is 2.03. The van der Waals surface area contributed by atoms with Gasteiger partial charge in [0.05, 0.1) is 18.3 Å². The molecule has 0 aliphatic rings. The number of nitrogens with two attached hydrogens (primary N) is 1. The van der Waals surface area contributed by atoms with Crippen molar-refractivity contribution in [3.05, 3.63) is 24.3 Å². The van der Waals surface area contributed by atoms with Gasteiger partial charge in [0.15, 0.2) is 0 Å². The molecule has 1 rings (SSSR count). The Morgan fingerprint density at radius 3 is 3.09 bits per heavy atom. The lowest BCUT2D eigenvalue weighted by Gasteiger charge is -2.07. The summed E-state index contributed by atoms with van der Waals surface area (Å²) < 4.78 is 4.87. The third kappa shape index (κ3) is 2.25. The minimum Gasteiger partial charge on any atom is -0.383 e. The molecule has 4 heteroatoms. The van der Waals surface area contributed by atoms with Crippen LogP contribution < -0.4 is 5.73 Å². The summed E-state index contributed by atoms with van der Waals surface area (Å²) in [7, 11) is 1.61. The van der Waals surface area contributed by atoms with Gasteiger partial charge < -0.3 is 10.5 Å². The molecule has 0 spiro atoms. The Morgan fingerprint density at radius 1 is 1.73 bits per heavy atom. The van der Waals surface area contributed by atoms with Crippen molar-refractivity contribution in [3.8, 4) is 0 Å². The summed E-state index contributed by atoms with van der Waals surface area (Å²) in [5.41, 5.74) is 6.50. The van der Waals surface area contributed by atoms with Crippen LogP contribution in [0.25, 0.3) is 0 Å². The van der Waals surface area contributed by atoms with E-state index < -0.39 is 0 Å². The normalized spacial score (nSPS) is 12.9. The van der Waals surface area contributed by atoms with Gasteiger partial charge >= 0.3 is 0 Å². The summed E-state index contributed by atoms with van der Waals surface area (Å²) in [6, 6.07) is 1.63. The fraction of sp³-hybridized carbons (Fsp3) is 0.429. The van der Waals surface area contributed by atoms with E-state index in [4.69, 9.17) is 10.5 Å². The molecule has 0 saturated carbocycles. The highest BCUT2D eigenvalue weighted by Gasteiger charge is 2.04. The van der Waals surface area contributed by atoms with Gasteiger partial charge in [0, 0.05) is 13.3 Å². The van der Waals surface area contributed by atoms with Crippen molar-refractivity contribution in [3.63, 3.8) is 0 Å². The van der Waals surface area contributed by atoms with Crippen LogP contribution in [0.2, 0.25) is 0 Å². The summed E-state index contributed by atoms with van der Waals surface area (Å²) in [6.45, 7) is 0.483. The van der Waals surface area contributed by atoms with E-state index in [0.29, 0.717) is 6.61 Å². The first kappa shape index (κ1) is 8.10. The number of hydrogen-bond acceptors (Lipinski definition) is 4. The van der Waals surface area contributed by atoms with Crippen molar-refractivity contribution in [2.75, 3.05) is 13.7 Å². The van der Waals surface area contributed by atoms with E-state index in [2.05, 4.69) is 9.97 Å². The van der Waals surface area contributed by atoms with Crippen molar-refractivity contribution in [2.24, 2.45) is 5.73 Å². The number of ether oxygens (including phenoxy) is 1. The minimum absolute atomic E-state index is 0.150. The molecule has 4 nitrogen and oxygen atoms in total. The van der Waals surface area contributed by atoms with Crippen LogP contribution >= 0.6 is 0 Å². The van der Waals surface area contributed by atoms with E-state index >= 15 is 0 Å². The van der Waals surface area contributed by atoms with Gasteiger partial charge in [0.1, 0.15) is 6.33 Å². The number of methoxy groups -OCH3 is 1. The maximum absolute atomic E-state index is 5.69. The summed E-state index contributed by atoms with van der Waals surface area (Å²) in [4.78, 5) is 7.76. The van der Waals surface area contributed by atoms with E-state index in [1.807, 2.05) is 0 Å². The fourth-order valence-corrected chi connectivity index (χ4v) is 0.785. The molecule has 0 radical (unpaired) electrons. The molecule has 0 aromatic carbocycles. The summed E-state index contributed by atoms with van der Waals surface area (Å²) in [5.74, 6) is 0. The van der Waals surface area contributed by atoms with Crippen molar-refractivity contribution >= 4 is 0 Å². The van der Waals surface area contributed by atoms with Crippen LogP contribution in [-0.2, 0) is 4.74 Å². The second-order valence-corrected chi connectivity index (χ2v) is 2.20. The van der Waals surface area contributed by atoms with Crippen molar-refractivity contribution < 1.29 is 4.74 Å². The first-order valence-electron chi connectivity index (χ1n) is 3.35. The van der Waals surface area contributed by atoms with Gasteiger partial charge in [-0.25, -0.2) is 9.97 Å². The quantitative estimate of drug-likeness (QED) is 0.670. The zero-order valence-corrected chi connectivity index (χ0v) is 6.40. The average Bonchev–Trinajstić information content (AvgIpc) is 2.07. The first-order chi connectivity index (χ1) is 5.34. The third-order valence-electron chi connectivity index (χ3n) is 1.33. The second kappa shape index (κ2) is 4.00. The van der Waals surface area contributed by atoms with Crippen molar-refractivity contribution in [1.82, 2.24) is 9.97 Å². The fourth-order valence-electron chi connectivity index (χ4n) is 0.785. The molecular formula is C7H11N3O. The van der Waals surface area contributed by atoms with Crippen LogP contribution in [0.15, 0.2) is 18.6 Å². The molecule has 0 saturated heterocycles. The highest BCUT2D eigenvalue weighted by molar-refractivity contribution is 5.03. The van der Waals surface area contributed by atoms with Gasteiger partial charge in [-0.3, -0.25) is 0 Å². The van der Waals surface area contributed by atoms with Gasteiger partial charge in [-0.2, -0.15) is 0 Å². The topological polar surface area (TPSA) is 61.0 Å². The molecule has 1 heterocycles. The Labute approximate surface area is 65.4 Å². The van der Waals surface area contributed by atoms with Crippen LogP contribution in [0.1, 0.15) is 11.7 Å². The zero-order valence-electron chi connectivity index (χ0n) is 6.40. The Kier molecular flexibility index (Phi) is 2.95. The Bertz CT molecular complexity index is 202. The average molecular weight is 153 g/mol. The lowest BCUT2D eigenvalue weighted by Crippen LogP contribution is -2.17. The van der Waals surface area contributed by atoms with Crippen LogP contribution in [0.5, 0.6) is 0 Å². The van der Waals surface area contributed by atoms with Crippen molar-refractivity contribution in [2.45, 2.75) is 6.04 Å². The van der Waals surface area contributed by atoms with Gasteiger partial charge in [-0.15, -0.1) is 0 Å². The lowest BCUT2D eigenvalue weighted by atomic mass is 10.2. The van der Waals surface area contributed by atoms with Gasteiger partial charge in [-0.05, 0) is 6.07 Å². The molecule has 1 aromatic heterocycles. The number of aromatic nitrogens is 2. The molecule has 2 N–H and O–H groups in total. The smallest absolute Gasteiger partial charge is 0.115 e. The minimum atomic E-state index is -0.150. The standard InChI is InChI=1S/C7H11N3O/c1-11-4-6(8)7-2-3-9-5-10-7/h2-3,5-6H,4,8H2,1H3. The number of nitrogens with zero attached hydrogens (tertiary/aromatic N) is 2. The molecule has 1 atom stereocenters. The molecule has 0 aliphatic carbocycles. The van der Waals surface area contributed by atoms with Crippen molar-refractivity contribution in [1.29, 1.82) is 0 Å². The predicted octanol–water partition coefficient (Wildman–Crippen LogP) is 0.123. The van der Waals surface area contributed by atoms with Crippen LogP contribution in [0.4, 0.5) is 0 Å². The lowest BCUT2D eigenvalue weighted by molar-refractivity contribution is 0.179. The van der Waals surface area contributed by atoms with E-state index in [0.717, 1.165) is 5.69 Å². The van der Waals surface area contributed by atoms with E-state index in [9.17, 15) is 0 Å². The molecule has 0 bridgehead atoms. The molecule has 11 heavy (non-hydrogen) atoms. The van der Waals surface area contributed by atoms with E-state index in [1.165, 1.54) is 6.33 Å². The van der Waals surface area contributed by atoms with Crippen LogP contribution in [-0.4, -0.2) is 23.7 Å². The molecule has 0 amide bonds. The maximum Gasteiger partial charge on any atom is 0.115 e. The monoisotopic (exact) mass is 153 g/mol. The molecule has 1 unspecified atom stereocenters. The maximum atomic E-state index is 5.69. The Morgan fingerprint density at radius 2 is 2.55 bits per heavy atom. The zero-order chi connectivity index (χ0) is 8.10. The van der Waals surface area contributed by atoms with Gasteiger partial charge in [0.25, 0.3) is 0 Å². The summed E-state index contributed by atoms with van der Waals surface area (Å²) in [5, 5.41) is 0. The Balaban J connectivity index is 2.61. The summed E-state index contributed by atoms with van der Waals surface area (Å²) in [6.07, 6.45) is 3.14. The van der Waals surface area contributed by atoms with E-state index in [1.54, 1.807) is 19.4 Å². The predicted molar refractivity (Wildman–Crippen MR) is 40.8 cm³/mol.